The summed E-state index contributed by atoms with van der Waals surface area (Å²) >= 11 is 0. The van der Waals surface area contributed by atoms with Gasteiger partial charge in [-0.05, 0) is 68.4 Å². The summed E-state index contributed by atoms with van der Waals surface area (Å²) < 4.78 is 49.6. The fraction of sp³-hybridized carbons (Fsp3) is 0.700. The molecule has 1 amide bonds. The number of benzene rings is 1. The van der Waals surface area contributed by atoms with Crippen LogP contribution in [0.25, 0.3) is 0 Å². The fourth-order valence-corrected chi connectivity index (χ4v) is 7.67. The highest BCUT2D eigenvalue weighted by Crippen LogP contribution is 2.57. The van der Waals surface area contributed by atoms with Gasteiger partial charge in [0.25, 0.3) is 0 Å². The van der Waals surface area contributed by atoms with E-state index in [-0.39, 0.29) is 35.9 Å². The minimum Gasteiger partial charge on any atom is -0.508 e. The molecule has 8 unspecified atom stereocenters. The van der Waals surface area contributed by atoms with E-state index in [9.17, 15) is 42.9 Å². The van der Waals surface area contributed by atoms with Gasteiger partial charge >= 0.3 is 6.18 Å². The van der Waals surface area contributed by atoms with Crippen LogP contribution >= 0.6 is 0 Å². The van der Waals surface area contributed by atoms with Gasteiger partial charge in [-0.1, -0.05) is 20.8 Å². The van der Waals surface area contributed by atoms with Gasteiger partial charge in [0.1, 0.15) is 17.8 Å². The number of rotatable bonds is 7. The number of nitrogens with two attached hydrogens (primary N) is 1. The van der Waals surface area contributed by atoms with Gasteiger partial charge < -0.3 is 31.1 Å². The summed E-state index contributed by atoms with van der Waals surface area (Å²) in [6.45, 7) is 6.29. The van der Waals surface area contributed by atoms with Gasteiger partial charge in [-0.15, -0.1) is 0 Å². The van der Waals surface area contributed by atoms with Crippen molar-refractivity contribution in [3.8, 4) is 5.75 Å². The first-order valence-electron chi connectivity index (χ1n) is 14.4. The van der Waals surface area contributed by atoms with E-state index in [0.29, 0.717) is 13.0 Å². The smallest absolute Gasteiger partial charge is 0.417 e. The van der Waals surface area contributed by atoms with Crippen LogP contribution in [0.4, 0.5) is 13.2 Å². The van der Waals surface area contributed by atoms with Gasteiger partial charge in [-0.2, -0.15) is 13.2 Å². The zero-order chi connectivity index (χ0) is 32.4. The molecular formula is C30H42F3N3O7. The number of nitrogens with one attached hydrogen (secondary N) is 1. The lowest BCUT2D eigenvalue weighted by Crippen LogP contribution is -2.75. The molecule has 240 valence electrons. The van der Waals surface area contributed by atoms with Crippen LogP contribution in [-0.4, -0.2) is 83.2 Å². The van der Waals surface area contributed by atoms with Gasteiger partial charge in [0.2, 0.25) is 5.91 Å². The molecule has 0 aromatic heterocycles. The number of Topliss-reactive ketones (excluding diaryl/α,β-unsaturated/α-hetero) is 2. The standard InChI is InChI=1S/C30H42F3N3O7/c1-28(2,3)7-8-35-12-14-11-17(37)19-15(21(14)30(31,32)33)9-13-10-16-22(36(4)5)24(39)20(27(34)42)26(41)29(16,43-6)25(40)18(13)23(19)38/h11,13,16,18,20,22-23,26,35,37-38,41H,7-10,12H2,1-6H3,(H2,34,42). The van der Waals surface area contributed by atoms with Crippen LogP contribution in [-0.2, 0) is 38.3 Å². The molecule has 0 heterocycles. The average molecular weight is 614 g/mol. The normalized spacial score (nSPS) is 32.8. The van der Waals surface area contributed by atoms with Crippen LogP contribution in [0, 0.1) is 29.1 Å². The van der Waals surface area contributed by atoms with Gasteiger partial charge in [-0.3, -0.25) is 19.3 Å². The minimum atomic E-state index is -4.84. The molecule has 0 spiro atoms. The molecule has 4 rings (SSSR count). The third-order valence-corrected chi connectivity index (χ3v) is 9.53. The van der Waals surface area contributed by atoms with E-state index in [1.807, 2.05) is 20.8 Å². The topological polar surface area (TPSA) is 162 Å². The van der Waals surface area contributed by atoms with Crippen molar-refractivity contribution in [2.45, 2.75) is 76.6 Å². The second kappa shape index (κ2) is 11.4. The quantitative estimate of drug-likeness (QED) is 0.228. The Morgan fingerprint density at radius 2 is 1.84 bits per heavy atom. The largest absolute Gasteiger partial charge is 0.508 e. The fourth-order valence-electron chi connectivity index (χ4n) is 7.67. The van der Waals surface area contributed by atoms with E-state index in [2.05, 4.69) is 5.32 Å². The highest BCUT2D eigenvalue weighted by Gasteiger charge is 2.70. The van der Waals surface area contributed by atoms with Crippen molar-refractivity contribution in [3.05, 3.63) is 28.3 Å². The predicted molar refractivity (Wildman–Crippen MR) is 149 cm³/mol. The van der Waals surface area contributed by atoms with Gasteiger partial charge in [-0.25, -0.2) is 0 Å². The number of nitrogens with zero attached hydrogens (tertiary/aromatic N) is 1. The second-order valence-electron chi connectivity index (χ2n) is 13.6. The Bertz CT molecular complexity index is 1300. The predicted octanol–water partition coefficient (Wildman–Crippen LogP) is 1.71. The maximum Gasteiger partial charge on any atom is 0.417 e. The summed E-state index contributed by atoms with van der Waals surface area (Å²) in [5.41, 5.74) is 1.41. The van der Waals surface area contributed by atoms with Gasteiger partial charge in [0, 0.05) is 25.1 Å². The van der Waals surface area contributed by atoms with E-state index in [0.717, 1.165) is 13.2 Å². The van der Waals surface area contributed by atoms with E-state index < -0.39 is 88.0 Å². The van der Waals surface area contributed by atoms with E-state index in [4.69, 9.17) is 10.5 Å². The molecule has 6 N–H and O–H groups in total. The van der Waals surface area contributed by atoms with E-state index in [1.165, 1.54) is 4.90 Å². The maximum atomic E-state index is 14.7. The summed E-state index contributed by atoms with van der Waals surface area (Å²) in [4.78, 5) is 41.5. The summed E-state index contributed by atoms with van der Waals surface area (Å²) in [5, 5.41) is 36.8. The summed E-state index contributed by atoms with van der Waals surface area (Å²) in [6.07, 6.45) is -8.38. The molecular weight excluding hydrogens is 571 g/mol. The Labute approximate surface area is 248 Å². The SMILES string of the molecule is COC12C(=O)C3C(Cc4c(c(O)cc(CNCCC(C)(C)C)c4C(F)(F)F)C3O)CC1C(N(C)C)C(=O)C(C(N)=O)C2O. The number of amides is 1. The van der Waals surface area contributed by atoms with Crippen LogP contribution in [0.1, 0.15) is 62.0 Å². The molecule has 3 aliphatic rings. The Morgan fingerprint density at radius 1 is 1.21 bits per heavy atom. The third-order valence-electron chi connectivity index (χ3n) is 9.53. The third kappa shape index (κ3) is 5.47. The second-order valence-corrected chi connectivity index (χ2v) is 13.6. The summed E-state index contributed by atoms with van der Waals surface area (Å²) in [5.74, 6) is -8.42. The van der Waals surface area contributed by atoms with Crippen molar-refractivity contribution >= 4 is 17.5 Å². The number of methoxy groups -OCH3 is 1. The monoisotopic (exact) mass is 613 g/mol. The Balaban J connectivity index is 1.83. The first-order valence-corrected chi connectivity index (χ1v) is 14.4. The van der Waals surface area contributed by atoms with Crippen LogP contribution in [0.3, 0.4) is 0 Å². The first-order chi connectivity index (χ1) is 19.8. The molecule has 0 saturated heterocycles. The van der Waals surface area contributed by atoms with Crippen LogP contribution in [0.5, 0.6) is 5.75 Å². The zero-order valence-corrected chi connectivity index (χ0v) is 25.3. The number of hydrogen-bond donors (Lipinski definition) is 5. The zero-order valence-electron chi connectivity index (χ0n) is 25.3. The molecule has 0 bridgehead atoms. The van der Waals surface area contributed by atoms with E-state index in [1.54, 1.807) is 14.1 Å². The Morgan fingerprint density at radius 3 is 2.35 bits per heavy atom. The van der Waals surface area contributed by atoms with Crippen molar-refractivity contribution in [3.63, 3.8) is 0 Å². The van der Waals surface area contributed by atoms with Crippen LogP contribution in [0.2, 0.25) is 0 Å². The maximum absolute atomic E-state index is 14.7. The number of carbonyl (C=O) groups excluding carboxylic acids is 3. The number of phenols is 1. The number of ketones is 2. The number of primary amides is 1. The number of likely N-dealkylation sites (N-methyl/N-ethyl adjacent to an activating group) is 1. The van der Waals surface area contributed by atoms with E-state index >= 15 is 0 Å². The van der Waals surface area contributed by atoms with Gasteiger partial charge in [0.15, 0.2) is 17.2 Å². The van der Waals surface area contributed by atoms with Gasteiger partial charge in [0.05, 0.1) is 23.6 Å². The molecule has 13 heteroatoms. The molecule has 43 heavy (non-hydrogen) atoms. The van der Waals surface area contributed by atoms with Crippen molar-refractivity contribution in [1.29, 1.82) is 0 Å². The molecule has 8 atom stereocenters. The first kappa shape index (κ1) is 33.3. The Hall–Kier alpha value is -2.58. The lowest BCUT2D eigenvalue weighted by molar-refractivity contribution is -0.217. The number of carbonyl (C=O) groups is 3. The molecule has 2 fully saturated rings. The summed E-state index contributed by atoms with van der Waals surface area (Å²) in [6, 6.07) is -0.158. The van der Waals surface area contributed by atoms with Crippen molar-refractivity contribution < 1.29 is 47.6 Å². The number of fused-ring (bicyclic) bond motifs is 3. The molecule has 0 aliphatic heterocycles. The number of hydrogen-bond acceptors (Lipinski definition) is 9. The average Bonchev–Trinajstić information content (AvgIpc) is 2.84. The molecule has 3 aliphatic carbocycles. The molecule has 0 radical (unpaired) electrons. The van der Waals surface area contributed by atoms with Crippen LogP contribution < -0.4 is 11.1 Å². The van der Waals surface area contributed by atoms with Crippen molar-refractivity contribution in [2.24, 2.45) is 34.8 Å². The number of aromatic hydroxyl groups is 1. The lowest BCUT2D eigenvalue weighted by atomic mass is 9.51. The molecule has 2 saturated carbocycles. The number of aliphatic hydroxyl groups is 2. The van der Waals surface area contributed by atoms with Crippen LogP contribution in [0.15, 0.2) is 6.07 Å². The van der Waals surface area contributed by atoms with Crippen molar-refractivity contribution in [1.82, 2.24) is 10.2 Å². The molecule has 1 aromatic carbocycles. The number of alkyl halides is 3. The number of halogens is 3. The number of aliphatic hydroxyl groups excluding tert-OH is 2. The summed E-state index contributed by atoms with van der Waals surface area (Å²) in [7, 11) is 4.22. The molecule has 10 nitrogen and oxygen atoms in total. The highest BCUT2D eigenvalue weighted by atomic mass is 19.4. The molecule has 1 aromatic rings. The van der Waals surface area contributed by atoms with Crippen molar-refractivity contribution in [2.75, 3.05) is 27.7 Å². The Kier molecular flexibility index (Phi) is 8.84. The lowest BCUT2D eigenvalue weighted by Gasteiger charge is -2.58. The highest BCUT2D eigenvalue weighted by molar-refractivity contribution is 6.08. The number of ether oxygens (including phenoxy) is 1. The minimum absolute atomic E-state index is 0.0438. The number of phenolic OH excluding ortho intramolecular Hbond substituents is 1.